The van der Waals surface area contributed by atoms with Crippen LogP contribution in [0.2, 0.25) is 0 Å². The number of esters is 1. The van der Waals surface area contributed by atoms with Crippen molar-refractivity contribution in [2.24, 2.45) is 5.92 Å². The van der Waals surface area contributed by atoms with Gasteiger partial charge in [0.1, 0.15) is 0 Å². The van der Waals surface area contributed by atoms with Crippen molar-refractivity contribution in [1.82, 2.24) is 0 Å². The van der Waals surface area contributed by atoms with Crippen molar-refractivity contribution >= 4 is 5.97 Å². The summed E-state index contributed by atoms with van der Waals surface area (Å²) >= 11 is 0. The molecule has 14 heavy (non-hydrogen) atoms. The molecule has 0 aromatic rings. The number of carbonyl (C=O) groups is 1. The zero-order chi connectivity index (χ0) is 10.4. The molecule has 1 atom stereocenters. The van der Waals surface area contributed by atoms with Gasteiger partial charge in [0.25, 0.3) is 0 Å². The number of rotatable bonds is 4. The van der Waals surface area contributed by atoms with Crippen LogP contribution in [0.1, 0.15) is 46.0 Å². The number of hydrogen-bond donors (Lipinski definition) is 0. The molecular formula is C11H20O3. The van der Waals surface area contributed by atoms with E-state index in [4.69, 9.17) is 9.47 Å². The fourth-order valence-corrected chi connectivity index (χ4v) is 1.87. The van der Waals surface area contributed by atoms with Crippen LogP contribution in [-0.4, -0.2) is 18.9 Å². The molecule has 0 aromatic carbocycles. The Morgan fingerprint density at radius 1 is 1.36 bits per heavy atom. The first-order chi connectivity index (χ1) is 6.74. The molecule has 1 aliphatic rings. The van der Waals surface area contributed by atoms with Gasteiger partial charge >= 0.3 is 5.97 Å². The summed E-state index contributed by atoms with van der Waals surface area (Å²) in [7, 11) is 0. The second kappa shape index (κ2) is 6.02. The van der Waals surface area contributed by atoms with Crippen molar-refractivity contribution in [2.45, 2.75) is 52.2 Å². The van der Waals surface area contributed by atoms with Gasteiger partial charge in [-0.05, 0) is 26.7 Å². The van der Waals surface area contributed by atoms with E-state index in [0.717, 1.165) is 25.7 Å². The van der Waals surface area contributed by atoms with Gasteiger partial charge in [0, 0.05) is 6.61 Å². The van der Waals surface area contributed by atoms with E-state index in [1.54, 1.807) is 6.92 Å². The predicted molar refractivity (Wildman–Crippen MR) is 53.8 cm³/mol. The van der Waals surface area contributed by atoms with Gasteiger partial charge in [0.15, 0.2) is 6.29 Å². The smallest absolute Gasteiger partial charge is 0.311 e. The lowest BCUT2D eigenvalue weighted by Crippen LogP contribution is -2.25. The summed E-state index contributed by atoms with van der Waals surface area (Å²) in [4.78, 5) is 11.6. The molecule has 0 radical (unpaired) electrons. The number of carbonyl (C=O) groups excluding carboxylic acids is 1. The summed E-state index contributed by atoms with van der Waals surface area (Å²) < 4.78 is 10.3. The van der Waals surface area contributed by atoms with E-state index >= 15 is 0 Å². The number of hydrogen-bond acceptors (Lipinski definition) is 3. The summed E-state index contributed by atoms with van der Waals surface area (Å²) in [6.45, 7) is 4.24. The van der Waals surface area contributed by atoms with Crippen LogP contribution in [0.25, 0.3) is 0 Å². The lowest BCUT2D eigenvalue weighted by molar-refractivity contribution is -0.179. The molecule has 0 aliphatic heterocycles. The third-order valence-corrected chi connectivity index (χ3v) is 2.62. The Morgan fingerprint density at radius 3 is 2.57 bits per heavy atom. The van der Waals surface area contributed by atoms with Crippen molar-refractivity contribution in [2.75, 3.05) is 6.61 Å². The van der Waals surface area contributed by atoms with Crippen LogP contribution in [0.5, 0.6) is 0 Å². The van der Waals surface area contributed by atoms with Crippen molar-refractivity contribution in [1.29, 1.82) is 0 Å². The van der Waals surface area contributed by atoms with Crippen molar-refractivity contribution in [3.8, 4) is 0 Å². The molecule has 0 aromatic heterocycles. The highest BCUT2D eigenvalue weighted by molar-refractivity contribution is 5.72. The van der Waals surface area contributed by atoms with Gasteiger partial charge in [-0.3, -0.25) is 4.79 Å². The van der Waals surface area contributed by atoms with E-state index < -0.39 is 6.29 Å². The fourth-order valence-electron chi connectivity index (χ4n) is 1.87. The van der Waals surface area contributed by atoms with E-state index in [1.807, 2.05) is 6.92 Å². The third kappa shape index (κ3) is 3.66. The molecule has 1 rings (SSSR count). The van der Waals surface area contributed by atoms with Crippen LogP contribution in [0, 0.1) is 5.92 Å². The summed E-state index contributed by atoms with van der Waals surface area (Å²) in [5, 5.41) is 0. The highest BCUT2D eigenvalue weighted by Gasteiger charge is 2.23. The van der Waals surface area contributed by atoms with Gasteiger partial charge in [-0.15, -0.1) is 0 Å². The Kier molecular flexibility index (Phi) is 4.94. The second-order valence-electron chi connectivity index (χ2n) is 3.79. The highest BCUT2D eigenvalue weighted by atomic mass is 16.7. The summed E-state index contributed by atoms with van der Waals surface area (Å²) in [5.41, 5.74) is 0. The Balaban J connectivity index is 2.25. The largest absolute Gasteiger partial charge is 0.436 e. The van der Waals surface area contributed by atoms with E-state index in [1.165, 1.54) is 6.42 Å². The molecule has 0 N–H and O–H groups in total. The minimum Gasteiger partial charge on any atom is -0.436 e. The zero-order valence-electron chi connectivity index (χ0n) is 9.12. The molecule has 0 spiro atoms. The molecule has 0 bridgehead atoms. The molecule has 0 heterocycles. The van der Waals surface area contributed by atoms with E-state index in [-0.39, 0.29) is 11.9 Å². The van der Waals surface area contributed by atoms with Crippen LogP contribution in [0.4, 0.5) is 0 Å². The molecule has 1 fully saturated rings. The first-order valence-electron chi connectivity index (χ1n) is 5.56. The molecule has 82 valence electrons. The van der Waals surface area contributed by atoms with Gasteiger partial charge < -0.3 is 9.47 Å². The minimum absolute atomic E-state index is 0.0781. The van der Waals surface area contributed by atoms with E-state index in [0.29, 0.717) is 6.61 Å². The first kappa shape index (κ1) is 11.5. The van der Waals surface area contributed by atoms with Crippen LogP contribution in [0.15, 0.2) is 0 Å². The lowest BCUT2D eigenvalue weighted by atomic mass is 9.89. The molecule has 3 nitrogen and oxygen atoms in total. The molecule has 0 amide bonds. The Labute approximate surface area is 85.8 Å². The molecule has 1 aliphatic carbocycles. The Hall–Kier alpha value is -0.570. The van der Waals surface area contributed by atoms with Gasteiger partial charge in [-0.2, -0.15) is 0 Å². The first-order valence-corrected chi connectivity index (χ1v) is 5.56. The van der Waals surface area contributed by atoms with Crippen LogP contribution >= 0.6 is 0 Å². The molecular weight excluding hydrogens is 180 g/mol. The maximum atomic E-state index is 11.6. The van der Waals surface area contributed by atoms with Crippen LogP contribution < -0.4 is 0 Å². The molecule has 3 heteroatoms. The SMILES string of the molecule is CCOC(C)OC(=O)C1CCCCC1. The monoisotopic (exact) mass is 200 g/mol. The third-order valence-electron chi connectivity index (χ3n) is 2.62. The molecule has 1 unspecified atom stereocenters. The Morgan fingerprint density at radius 2 is 2.00 bits per heavy atom. The second-order valence-corrected chi connectivity index (χ2v) is 3.79. The number of ether oxygens (including phenoxy) is 2. The maximum Gasteiger partial charge on any atom is 0.311 e. The van der Waals surface area contributed by atoms with Crippen molar-refractivity contribution in [3.63, 3.8) is 0 Å². The van der Waals surface area contributed by atoms with Crippen molar-refractivity contribution in [3.05, 3.63) is 0 Å². The fraction of sp³-hybridized carbons (Fsp3) is 0.909. The average Bonchev–Trinajstić information content (AvgIpc) is 2.19. The van der Waals surface area contributed by atoms with Crippen LogP contribution in [0.3, 0.4) is 0 Å². The summed E-state index contributed by atoms with van der Waals surface area (Å²) in [6, 6.07) is 0. The standard InChI is InChI=1S/C11H20O3/c1-3-13-9(2)14-11(12)10-7-5-4-6-8-10/h9-10H,3-8H2,1-2H3. The Bertz CT molecular complexity index is 173. The van der Waals surface area contributed by atoms with Gasteiger partial charge in [-0.1, -0.05) is 19.3 Å². The topological polar surface area (TPSA) is 35.5 Å². The zero-order valence-corrected chi connectivity index (χ0v) is 9.12. The lowest BCUT2D eigenvalue weighted by Gasteiger charge is -2.22. The quantitative estimate of drug-likeness (QED) is 0.516. The summed E-state index contributed by atoms with van der Waals surface area (Å²) in [6.07, 6.45) is 5.14. The summed E-state index contributed by atoms with van der Waals surface area (Å²) in [5.74, 6) is 0.0392. The van der Waals surface area contributed by atoms with E-state index in [9.17, 15) is 4.79 Å². The predicted octanol–water partition coefficient (Wildman–Crippen LogP) is 2.49. The normalized spacial score (nSPS) is 20.4. The van der Waals surface area contributed by atoms with Gasteiger partial charge in [0.2, 0.25) is 0 Å². The highest BCUT2D eigenvalue weighted by Crippen LogP contribution is 2.24. The van der Waals surface area contributed by atoms with Crippen LogP contribution in [-0.2, 0) is 14.3 Å². The molecule has 1 saturated carbocycles. The van der Waals surface area contributed by atoms with Gasteiger partial charge in [0.05, 0.1) is 5.92 Å². The van der Waals surface area contributed by atoms with E-state index in [2.05, 4.69) is 0 Å². The van der Waals surface area contributed by atoms with Gasteiger partial charge in [-0.25, -0.2) is 0 Å². The van der Waals surface area contributed by atoms with Crippen molar-refractivity contribution < 1.29 is 14.3 Å². The maximum absolute atomic E-state index is 11.6. The molecule has 0 saturated heterocycles. The average molecular weight is 200 g/mol. The minimum atomic E-state index is -0.394.